The van der Waals surface area contributed by atoms with Gasteiger partial charge >= 0.3 is 6.18 Å². The highest BCUT2D eigenvalue weighted by Crippen LogP contribution is 2.35. The SMILES string of the molecule is CC(C)C(NC(=O)CCNc1ccc(C(F)(F)F)cc1[N+](=O)[O-])c1nc(-c2ccncc2)no1. The Hall–Kier alpha value is -4.03. The first-order valence-electron chi connectivity index (χ1n) is 10.2. The standard InChI is InChI=1S/C21H21F3N6O4/c1-12(2)18(20-28-19(29-34-20)13-5-8-25-9-6-13)27-17(31)7-10-26-15-4-3-14(21(22,23)24)11-16(15)30(32)33/h3-6,8-9,11-12,18,26H,7,10H2,1-2H3,(H,27,31). The summed E-state index contributed by atoms with van der Waals surface area (Å²) < 4.78 is 43.8. The monoisotopic (exact) mass is 478 g/mol. The highest BCUT2D eigenvalue weighted by molar-refractivity contribution is 5.77. The van der Waals surface area contributed by atoms with E-state index in [1.807, 2.05) is 13.8 Å². The van der Waals surface area contributed by atoms with E-state index in [0.717, 1.165) is 12.1 Å². The second kappa shape index (κ2) is 10.3. The lowest BCUT2D eigenvalue weighted by atomic mass is 10.0. The van der Waals surface area contributed by atoms with Crippen LogP contribution in [0.5, 0.6) is 0 Å². The van der Waals surface area contributed by atoms with Crippen LogP contribution in [0.25, 0.3) is 11.4 Å². The lowest BCUT2D eigenvalue weighted by Gasteiger charge is -2.18. The molecule has 3 rings (SSSR count). The summed E-state index contributed by atoms with van der Waals surface area (Å²) in [6.07, 6.45) is -1.64. The summed E-state index contributed by atoms with van der Waals surface area (Å²) in [5, 5.41) is 20.5. The van der Waals surface area contributed by atoms with Gasteiger partial charge in [0, 0.05) is 37.0 Å². The quantitative estimate of drug-likeness (QED) is 0.342. The van der Waals surface area contributed by atoms with Crippen molar-refractivity contribution in [3.8, 4) is 11.4 Å². The molecule has 2 aromatic heterocycles. The molecule has 1 aromatic carbocycles. The van der Waals surface area contributed by atoms with Gasteiger partial charge in [0.25, 0.3) is 5.69 Å². The number of aromatic nitrogens is 3. The van der Waals surface area contributed by atoms with Crippen LogP contribution >= 0.6 is 0 Å². The van der Waals surface area contributed by atoms with Crippen LogP contribution in [0.1, 0.15) is 37.8 Å². The van der Waals surface area contributed by atoms with E-state index >= 15 is 0 Å². The second-order valence-electron chi connectivity index (χ2n) is 7.64. The lowest BCUT2D eigenvalue weighted by molar-refractivity contribution is -0.384. The number of benzene rings is 1. The number of pyridine rings is 1. The molecule has 2 heterocycles. The fourth-order valence-electron chi connectivity index (χ4n) is 3.06. The summed E-state index contributed by atoms with van der Waals surface area (Å²) in [5.74, 6) is 0.0400. The van der Waals surface area contributed by atoms with Crippen molar-refractivity contribution in [1.29, 1.82) is 0 Å². The molecule has 3 aromatic rings. The minimum Gasteiger partial charge on any atom is -0.379 e. The van der Waals surface area contributed by atoms with Crippen LogP contribution in [0.3, 0.4) is 0 Å². The first-order chi connectivity index (χ1) is 16.1. The van der Waals surface area contributed by atoms with Crippen LogP contribution in [-0.2, 0) is 11.0 Å². The Morgan fingerprint density at radius 3 is 2.53 bits per heavy atom. The summed E-state index contributed by atoms with van der Waals surface area (Å²) in [7, 11) is 0. The van der Waals surface area contributed by atoms with Crippen molar-refractivity contribution in [3.05, 3.63) is 64.3 Å². The molecule has 0 radical (unpaired) electrons. The van der Waals surface area contributed by atoms with Crippen molar-refractivity contribution in [2.75, 3.05) is 11.9 Å². The molecule has 0 aliphatic heterocycles. The number of hydrogen-bond acceptors (Lipinski definition) is 8. The number of anilines is 1. The van der Waals surface area contributed by atoms with Crippen LogP contribution in [0, 0.1) is 16.0 Å². The molecule has 13 heteroatoms. The number of halogens is 3. The number of rotatable bonds is 9. The van der Waals surface area contributed by atoms with Crippen molar-refractivity contribution in [2.45, 2.75) is 32.5 Å². The van der Waals surface area contributed by atoms with E-state index in [0.29, 0.717) is 17.5 Å². The molecule has 1 amide bonds. The van der Waals surface area contributed by atoms with Crippen LogP contribution < -0.4 is 10.6 Å². The minimum absolute atomic E-state index is 0.0467. The molecule has 34 heavy (non-hydrogen) atoms. The van der Waals surface area contributed by atoms with Gasteiger partial charge in [0.2, 0.25) is 17.6 Å². The number of carbonyl (C=O) groups is 1. The lowest BCUT2D eigenvalue weighted by Crippen LogP contribution is -2.33. The molecule has 180 valence electrons. The molecule has 0 saturated carbocycles. The van der Waals surface area contributed by atoms with Crippen LogP contribution in [0.4, 0.5) is 24.5 Å². The summed E-state index contributed by atoms with van der Waals surface area (Å²) in [4.78, 5) is 31.0. The second-order valence-corrected chi connectivity index (χ2v) is 7.64. The largest absolute Gasteiger partial charge is 0.416 e. The van der Waals surface area contributed by atoms with Gasteiger partial charge in [-0.25, -0.2) is 0 Å². The molecule has 1 unspecified atom stereocenters. The third kappa shape index (κ3) is 6.05. The summed E-state index contributed by atoms with van der Waals surface area (Å²) in [6, 6.07) is 4.99. The van der Waals surface area contributed by atoms with Crippen molar-refractivity contribution in [1.82, 2.24) is 20.4 Å². The van der Waals surface area contributed by atoms with E-state index in [2.05, 4.69) is 25.8 Å². The normalized spacial score (nSPS) is 12.4. The molecule has 1 atom stereocenters. The summed E-state index contributed by atoms with van der Waals surface area (Å²) >= 11 is 0. The number of nitro benzene ring substituents is 1. The van der Waals surface area contributed by atoms with Crippen molar-refractivity contribution >= 4 is 17.3 Å². The van der Waals surface area contributed by atoms with E-state index in [4.69, 9.17) is 4.52 Å². The van der Waals surface area contributed by atoms with Gasteiger partial charge in [-0.05, 0) is 30.2 Å². The maximum Gasteiger partial charge on any atom is 0.416 e. The molecular weight excluding hydrogens is 457 g/mol. The fraction of sp³-hybridized carbons (Fsp3) is 0.333. The smallest absolute Gasteiger partial charge is 0.379 e. The Balaban J connectivity index is 1.63. The Bertz CT molecular complexity index is 1150. The first-order valence-corrected chi connectivity index (χ1v) is 10.2. The number of alkyl halides is 3. The molecule has 0 aliphatic carbocycles. The number of hydrogen-bond donors (Lipinski definition) is 2. The molecule has 0 spiro atoms. The van der Waals surface area contributed by atoms with Crippen LogP contribution in [-0.4, -0.2) is 32.5 Å². The van der Waals surface area contributed by atoms with E-state index in [9.17, 15) is 28.1 Å². The van der Waals surface area contributed by atoms with Crippen molar-refractivity contribution in [2.24, 2.45) is 5.92 Å². The van der Waals surface area contributed by atoms with E-state index in [-0.39, 0.29) is 30.5 Å². The third-order valence-corrected chi connectivity index (χ3v) is 4.82. The predicted octanol–water partition coefficient (Wildman–Crippen LogP) is 4.37. The Labute approximate surface area is 191 Å². The Morgan fingerprint density at radius 2 is 1.91 bits per heavy atom. The van der Waals surface area contributed by atoms with Gasteiger partial charge in [-0.15, -0.1) is 0 Å². The van der Waals surface area contributed by atoms with Gasteiger partial charge in [-0.1, -0.05) is 19.0 Å². The first kappa shape index (κ1) is 24.6. The van der Waals surface area contributed by atoms with E-state index < -0.39 is 34.3 Å². The Morgan fingerprint density at radius 1 is 1.21 bits per heavy atom. The van der Waals surface area contributed by atoms with Gasteiger partial charge in [0.05, 0.1) is 10.5 Å². The van der Waals surface area contributed by atoms with Crippen molar-refractivity contribution < 1.29 is 27.4 Å². The number of nitrogens with one attached hydrogen (secondary N) is 2. The highest BCUT2D eigenvalue weighted by Gasteiger charge is 2.33. The highest BCUT2D eigenvalue weighted by atomic mass is 19.4. The van der Waals surface area contributed by atoms with Gasteiger partial charge in [0.1, 0.15) is 11.7 Å². The fourth-order valence-corrected chi connectivity index (χ4v) is 3.06. The summed E-state index contributed by atoms with van der Waals surface area (Å²) in [5.41, 5.74) is -1.29. The van der Waals surface area contributed by atoms with E-state index in [1.54, 1.807) is 24.5 Å². The number of carbonyl (C=O) groups excluding carboxylic acids is 1. The Kier molecular flexibility index (Phi) is 7.44. The maximum atomic E-state index is 12.8. The molecule has 0 fully saturated rings. The van der Waals surface area contributed by atoms with Crippen molar-refractivity contribution in [3.63, 3.8) is 0 Å². The molecule has 2 N–H and O–H groups in total. The maximum absolute atomic E-state index is 12.8. The minimum atomic E-state index is -4.71. The number of amides is 1. The molecular formula is C21H21F3N6O4. The van der Waals surface area contributed by atoms with E-state index in [1.165, 1.54) is 0 Å². The number of nitrogens with zero attached hydrogens (tertiary/aromatic N) is 4. The summed E-state index contributed by atoms with van der Waals surface area (Å²) in [6.45, 7) is 3.66. The van der Waals surface area contributed by atoms with Gasteiger partial charge in [0.15, 0.2) is 0 Å². The zero-order valence-electron chi connectivity index (χ0n) is 18.2. The van der Waals surface area contributed by atoms with Gasteiger partial charge in [-0.2, -0.15) is 18.2 Å². The van der Waals surface area contributed by atoms with Gasteiger partial charge < -0.3 is 15.2 Å². The van der Waals surface area contributed by atoms with Gasteiger partial charge in [-0.3, -0.25) is 19.9 Å². The molecule has 10 nitrogen and oxygen atoms in total. The third-order valence-electron chi connectivity index (χ3n) is 4.82. The zero-order valence-corrected chi connectivity index (χ0v) is 18.2. The predicted molar refractivity (Wildman–Crippen MR) is 114 cm³/mol. The average Bonchev–Trinajstić information content (AvgIpc) is 3.27. The molecule has 0 bridgehead atoms. The number of nitro groups is 1. The van der Waals surface area contributed by atoms with Crippen LogP contribution in [0.15, 0.2) is 47.2 Å². The topological polar surface area (TPSA) is 136 Å². The van der Waals surface area contributed by atoms with Crippen LogP contribution in [0.2, 0.25) is 0 Å². The molecule has 0 saturated heterocycles. The average molecular weight is 478 g/mol. The zero-order chi connectivity index (χ0) is 24.9. The molecule has 0 aliphatic rings.